The van der Waals surface area contributed by atoms with Crippen molar-refractivity contribution in [3.8, 4) is 11.5 Å². The van der Waals surface area contributed by atoms with Crippen LogP contribution in [0.15, 0.2) is 53.6 Å². The van der Waals surface area contributed by atoms with Crippen LogP contribution >= 0.6 is 0 Å². The molecule has 0 unspecified atom stereocenters. The molecule has 0 fully saturated rings. The molecule has 0 heterocycles. The van der Waals surface area contributed by atoms with Crippen molar-refractivity contribution in [2.45, 2.75) is 13.8 Å². The van der Waals surface area contributed by atoms with Crippen molar-refractivity contribution in [2.75, 3.05) is 13.7 Å². The predicted molar refractivity (Wildman–Crippen MR) is 90.0 cm³/mol. The number of benzene rings is 2. The molecule has 0 bridgehead atoms. The topological polar surface area (TPSA) is 59.9 Å². The lowest BCUT2D eigenvalue weighted by Gasteiger charge is -2.08. The molecule has 1 N–H and O–H groups in total. The minimum absolute atomic E-state index is 0.0791. The first-order valence-corrected chi connectivity index (χ1v) is 7.26. The van der Waals surface area contributed by atoms with E-state index in [-0.39, 0.29) is 12.5 Å². The molecule has 0 aliphatic rings. The maximum absolute atomic E-state index is 11.8. The molecule has 5 nitrogen and oxygen atoms in total. The van der Waals surface area contributed by atoms with Crippen LogP contribution in [0.1, 0.15) is 18.1 Å². The summed E-state index contributed by atoms with van der Waals surface area (Å²) in [5.41, 5.74) is 5.09. The van der Waals surface area contributed by atoms with Gasteiger partial charge in [-0.2, -0.15) is 5.10 Å². The summed E-state index contributed by atoms with van der Waals surface area (Å²) in [5, 5.41) is 4.08. The van der Waals surface area contributed by atoms with Gasteiger partial charge in [-0.05, 0) is 55.3 Å². The van der Waals surface area contributed by atoms with Crippen LogP contribution in [0.2, 0.25) is 0 Å². The summed E-state index contributed by atoms with van der Waals surface area (Å²) in [6.07, 6.45) is 0. The van der Waals surface area contributed by atoms with E-state index in [0.717, 1.165) is 16.9 Å². The summed E-state index contributed by atoms with van der Waals surface area (Å²) < 4.78 is 10.6. The van der Waals surface area contributed by atoms with E-state index in [9.17, 15) is 4.79 Å². The first-order valence-electron chi connectivity index (χ1n) is 7.26. The number of hydrazone groups is 1. The third kappa shape index (κ3) is 4.85. The molecule has 2 aromatic rings. The Morgan fingerprint density at radius 1 is 1.13 bits per heavy atom. The Morgan fingerprint density at radius 2 is 1.83 bits per heavy atom. The summed E-state index contributed by atoms with van der Waals surface area (Å²) in [6, 6.07) is 15.0. The van der Waals surface area contributed by atoms with Gasteiger partial charge in [0.1, 0.15) is 11.5 Å². The van der Waals surface area contributed by atoms with Crippen LogP contribution < -0.4 is 14.9 Å². The van der Waals surface area contributed by atoms with E-state index in [2.05, 4.69) is 10.5 Å². The Labute approximate surface area is 135 Å². The molecule has 0 atom stereocenters. The monoisotopic (exact) mass is 312 g/mol. The predicted octanol–water partition coefficient (Wildman–Crippen LogP) is 2.92. The van der Waals surface area contributed by atoms with Crippen molar-refractivity contribution in [1.82, 2.24) is 5.43 Å². The number of amides is 1. The minimum atomic E-state index is -0.305. The van der Waals surface area contributed by atoms with E-state index >= 15 is 0 Å². The van der Waals surface area contributed by atoms with Crippen LogP contribution in [0.4, 0.5) is 0 Å². The molecule has 0 spiro atoms. The first kappa shape index (κ1) is 16.5. The molecule has 0 radical (unpaired) electrons. The van der Waals surface area contributed by atoms with Gasteiger partial charge in [0.15, 0.2) is 6.61 Å². The SMILES string of the molecule is COc1ccc(/C(C)=N\NC(=O)COc2ccccc2C)cc1. The number of methoxy groups -OCH3 is 1. The molecular formula is C18H20N2O3. The van der Waals surface area contributed by atoms with Gasteiger partial charge in [-0.15, -0.1) is 0 Å². The molecule has 1 amide bonds. The number of nitrogens with one attached hydrogen (secondary N) is 1. The van der Waals surface area contributed by atoms with Gasteiger partial charge in [0.05, 0.1) is 12.8 Å². The summed E-state index contributed by atoms with van der Waals surface area (Å²) in [6.45, 7) is 3.67. The van der Waals surface area contributed by atoms with Gasteiger partial charge in [-0.25, -0.2) is 5.43 Å². The molecule has 0 aliphatic heterocycles. The van der Waals surface area contributed by atoms with Crippen molar-refractivity contribution in [3.05, 3.63) is 59.7 Å². The molecule has 23 heavy (non-hydrogen) atoms. The highest BCUT2D eigenvalue weighted by molar-refractivity contribution is 5.99. The fourth-order valence-electron chi connectivity index (χ4n) is 1.94. The van der Waals surface area contributed by atoms with Crippen LogP contribution in [0.3, 0.4) is 0 Å². The smallest absolute Gasteiger partial charge is 0.277 e. The van der Waals surface area contributed by atoms with Crippen LogP contribution in [0.5, 0.6) is 11.5 Å². The zero-order chi connectivity index (χ0) is 16.7. The second-order valence-corrected chi connectivity index (χ2v) is 5.01. The molecule has 0 saturated heterocycles. The fourth-order valence-corrected chi connectivity index (χ4v) is 1.94. The number of nitrogens with zero attached hydrogens (tertiary/aromatic N) is 1. The van der Waals surface area contributed by atoms with Gasteiger partial charge in [-0.3, -0.25) is 4.79 Å². The van der Waals surface area contributed by atoms with Crippen LogP contribution in [-0.2, 0) is 4.79 Å². The Kier molecular flexibility index (Phi) is 5.74. The summed E-state index contributed by atoms with van der Waals surface area (Å²) in [5.74, 6) is 1.16. The zero-order valence-corrected chi connectivity index (χ0v) is 13.5. The Bertz CT molecular complexity index is 694. The number of para-hydroxylation sites is 1. The molecular weight excluding hydrogens is 292 g/mol. The van der Waals surface area contributed by atoms with E-state index < -0.39 is 0 Å². The van der Waals surface area contributed by atoms with Gasteiger partial charge in [0.2, 0.25) is 0 Å². The molecule has 0 aromatic heterocycles. The van der Waals surface area contributed by atoms with Crippen LogP contribution in [0, 0.1) is 6.92 Å². The summed E-state index contributed by atoms with van der Waals surface area (Å²) in [7, 11) is 1.62. The van der Waals surface area contributed by atoms with E-state index in [4.69, 9.17) is 9.47 Å². The third-order valence-corrected chi connectivity index (χ3v) is 3.31. The van der Waals surface area contributed by atoms with Crippen molar-refractivity contribution in [3.63, 3.8) is 0 Å². The standard InChI is InChI=1S/C18H20N2O3/c1-13-6-4-5-7-17(13)23-12-18(21)20-19-14(2)15-8-10-16(22-3)11-9-15/h4-11H,12H2,1-3H3,(H,20,21)/b19-14-. The van der Waals surface area contributed by atoms with Crippen molar-refractivity contribution in [2.24, 2.45) is 5.10 Å². The minimum Gasteiger partial charge on any atom is -0.497 e. The van der Waals surface area contributed by atoms with Crippen LogP contribution in [-0.4, -0.2) is 25.3 Å². The lowest BCUT2D eigenvalue weighted by Crippen LogP contribution is -2.25. The summed E-state index contributed by atoms with van der Waals surface area (Å²) in [4.78, 5) is 11.8. The number of carbonyl (C=O) groups excluding carboxylic acids is 1. The van der Waals surface area contributed by atoms with Crippen molar-refractivity contribution < 1.29 is 14.3 Å². The van der Waals surface area contributed by atoms with Crippen molar-refractivity contribution in [1.29, 1.82) is 0 Å². The Morgan fingerprint density at radius 3 is 2.48 bits per heavy atom. The number of rotatable bonds is 6. The van der Waals surface area contributed by atoms with Gasteiger partial charge in [0.25, 0.3) is 5.91 Å². The number of aryl methyl sites for hydroxylation is 1. The fraction of sp³-hybridized carbons (Fsp3) is 0.222. The van der Waals surface area contributed by atoms with E-state index in [1.807, 2.05) is 62.4 Å². The lowest BCUT2D eigenvalue weighted by molar-refractivity contribution is -0.123. The Balaban J connectivity index is 1.88. The van der Waals surface area contributed by atoms with Gasteiger partial charge in [0, 0.05) is 0 Å². The van der Waals surface area contributed by atoms with E-state index in [1.165, 1.54) is 0 Å². The van der Waals surface area contributed by atoms with Crippen molar-refractivity contribution >= 4 is 11.6 Å². The average molecular weight is 312 g/mol. The quantitative estimate of drug-likeness (QED) is 0.659. The van der Waals surface area contributed by atoms with Gasteiger partial charge in [-0.1, -0.05) is 18.2 Å². The number of carbonyl (C=O) groups is 1. The molecule has 0 aliphatic carbocycles. The lowest BCUT2D eigenvalue weighted by atomic mass is 10.1. The highest BCUT2D eigenvalue weighted by atomic mass is 16.5. The molecule has 5 heteroatoms. The maximum atomic E-state index is 11.8. The van der Waals surface area contributed by atoms with E-state index in [0.29, 0.717) is 11.5 Å². The molecule has 2 aromatic carbocycles. The maximum Gasteiger partial charge on any atom is 0.277 e. The van der Waals surface area contributed by atoms with E-state index in [1.54, 1.807) is 7.11 Å². The molecule has 2 rings (SSSR count). The van der Waals surface area contributed by atoms with Gasteiger partial charge < -0.3 is 9.47 Å². The second kappa shape index (κ2) is 7.98. The summed E-state index contributed by atoms with van der Waals surface area (Å²) >= 11 is 0. The Hall–Kier alpha value is -2.82. The second-order valence-electron chi connectivity index (χ2n) is 5.01. The zero-order valence-electron chi connectivity index (χ0n) is 13.5. The highest BCUT2D eigenvalue weighted by Crippen LogP contribution is 2.15. The number of hydrogen-bond acceptors (Lipinski definition) is 4. The number of ether oxygens (including phenoxy) is 2. The largest absolute Gasteiger partial charge is 0.497 e. The number of hydrogen-bond donors (Lipinski definition) is 1. The first-order chi connectivity index (χ1) is 11.1. The molecule has 0 saturated carbocycles. The van der Waals surface area contributed by atoms with Gasteiger partial charge >= 0.3 is 0 Å². The normalized spacial score (nSPS) is 11.0. The average Bonchev–Trinajstić information content (AvgIpc) is 2.59. The molecule has 120 valence electrons. The highest BCUT2D eigenvalue weighted by Gasteiger charge is 2.04. The third-order valence-electron chi connectivity index (χ3n) is 3.31. The van der Waals surface area contributed by atoms with Crippen LogP contribution in [0.25, 0.3) is 0 Å².